The number of rotatable bonds is 8. The molecule has 1 aromatic carbocycles. The zero-order chi connectivity index (χ0) is 15.8. The normalized spacial score (nSPS) is 17.6. The van der Waals surface area contributed by atoms with Gasteiger partial charge in [0.25, 0.3) is 0 Å². The minimum Gasteiger partial charge on any atom is -0.493 e. The van der Waals surface area contributed by atoms with Gasteiger partial charge in [0.1, 0.15) is 5.75 Å². The molecular weight excluding hydrogens is 274 g/mol. The Morgan fingerprint density at radius 3 is 2.55 bits per heavy atom. The molecule has 0 unspecified atom stereocenters. The molecule has 0 aliphatic carbocycles. The van der Waals surface area contributed by atoms with E-state index in [1.165, 1.54) is 18.4 Å². The van der Waals surface area contributed by atoms with Crippen LogP contribution in [-0.2, 0) is 0 Å². The summed E-state index contributed by atoms with van der Waals surface area (Å²) in [6, 6.07) is 8.91. The minimum atomic E-state index is 0.374. The summed E-state index contributed by atoms with van der Waals surface area (Å²) in [7, 11) is 4.20. The predicted molar refractivity (Wildman–Crippen MR) is 92.5 cm³/mol. The van der Waals surface area contributed by atoms with Crippen molar-refractivity contribution >= 4 is 0 Å². The second kappa shape index (κ2) is 9.13. The monoisotopic (exact) mass is 305 g/mol. The lowest BCUT2D eigenvalue weighted by Crippen LogP contribution is -2.30. The molecule has 4 heteroatoms. The van der Waals surface area contributed by atoms with Crippen LogP contribution in [0.5, 0.6) is 5.75 Å². The molecule has 22 heavy (non-hydrogen) atoms. The van der Waals surface area contributed by atoms with Gasteiger partial charge in [0, 0.05) is 19.1 Å². The number of likely N-dealkylation sites (N-methyl/N-ethyl adjacent to an activating group) is 1. The van der Waals surface area contributed by atoms with Crippen molar-refractivity contribution in [3.05, 3.63) is 29.8 Å². The first kappa shape index (κ1) is 17.3. The van der Waals surface area contributed by atoms with Crippen molar-refractivity contribution in [2.45, 2.75) is 25.8 Å². The maximum absolute atomic E-state index is 5.94. The highest BCUT2D eigenvalue weighted by molar-refractivity contribution is 5.29. The maximum atomic E-state index is 5.94. The molecule has 1 fully saturated rings. The molecular formula is C18H31N3O. The average molecular weight is 305 g/mol. The van der Waals surface area contributed by atoms with Gasteiger partial charge in [0.15, 0.2) is 0 Å². The fourth-order valence-electron chi connectivity index (χ4n) is 2.74. The molecule has 0 spiro atoms. The minimum absolute atomic E-state index is 0.374. The second-order valence-corrected chi connectivity index (χ2v) is 6.55. The van der Waals surface area contributed by atoms with Gasteiger partial charge in [-0.05, 0) is 70.6 Å². The van der Waals surface area contributed by atoms with Gasteiger partial charge in [-0.15, -0.1) is 0 Å². The lowest BCUT2D eigenvalue weighted by atomic mass is 9.99. The summed E-state index contributed by atoms with van der Waals surface area (Å²) in [5.41, 5.74) is 1.31. The SMILES string of the molecule is C[C@@H](NCCN(C)C)c1ccc(OCC2CCNCC2)cc1. The predicted octanol–water partition coefficient (Wildman–Crippen LogP) is 2.28. The van der Waals surface area contributed by atoms with Gasteiger partial charge in [0.05, 0.1) is 6.61 Å². The van der Waals surface area contributed by atoms with Gasteiger partial charge in [0.2, 0.25) is 0 Å². The number of piperidine rings is 1. The van der Waals surface area contributed by atoms with Crippen LogP contribution in [0.15, 0.2) is 24.3 Å². The topological polar surface area (TPSA) is 36.5 Å². The first-order valence-electron chi connectivity index (χ1n) is 8.46. The Balaban J connectivity index is 1.74. The summed E-state index contributed by atoms with van der Waals surface area (Å²) in [5, 5.41) is 6.93. The third kappa shape index (κ3) is 5.95. The highest BCUT2D eigenvalue weighted by Gasteiger charge is 2.13. The van der Waals surface area contributed by atoms with Crippen LogP contribution < -0.4 is 15.4 Å². The third-order valence-corrected chi connectivity index (χ3v) is 4.33. The van der Waals surface area contributed by atoms with Gasteiger partial charge < -0.3 is 20.3 Å². The van der Waals surface area contributed by atoms with E-state index in [9.17, 15) is 0 Å². The first-order valence-corrected chi connectivity index (χ1v) is 8.46. The van der Waals surface area contributed by atoms with E-state index in [0.29, 0.717) is 12.0 Å². The van der Waals surface area contributed by atoms with E-state index in [4.69, 9.17) is 4.74 Å². The summed E-state index contributed by atoms with van der Waals surface area (Å²) < 4.78 is 5.94. The van der Waals surface area contributed by atoms with Crippen LogP contribution in [0.2, 0.25) is 0 Å². The molecule has 1 aliphatic heterocycles. The van der Waals surface area contributed by atoms with E-state index in [1.807, 2.05) is 0 Å². The third-order valence-electron chi connectivity index (χ3n) is 4.33. The van der Waals surface area contributed by atoms with Gasteiger partial charge in [-0.3, -0.25) is 0 Å². The van der Waals surface area contributed by atoms with Gasteiger partial charge in [-0.1, -0.05) is 12.1 Å². The van der Waals surface area contributed by atoms with Crippen LogP contribution in [0.25, 0.3) is 0 Å². The molecule has 124 valence electrons. The first-order chi connectivity index (χ1) is 10.6. The van der Waals surface area contributed by atoms with Crippen LogP contribution in [0.4, 0.5) is 0 Å². The molecule has 0 bridgehead atoms. The summed E-state index contributed by atoms with van der Waals surface area (Å²) in [5.74, 6) is 1.69. The van der Waals surface area contributed by atoms with Crippen molar-refractivity contribution in [2.75, 3.05) is 46.9 Å². The maximum Gasteiger partial charge on any atom is 0.119 e. The van der Waals surface area contributed by atoms with Gasteiger partial charge in [-0.25, -0.2) is 0 Å². The zero-order valence-corrected chi connectivity index (χ0v) is 14.3. The molecule has 1 heterocycles. The van der Waals surface area contributed by atoms with E-state index in [2.05, 4.69) is 60.8 Å². The Bertz CT molecular complexity index is 413. The fourth-order valence-corrected chi connectivity index (χ4v) is 2.74. The molecule has 0 aromatic heterocycles. The molecule has 0 radical (unpaired) electrons. The quantitative estimate of drug-likeness (QED) is 0.772. The Morgan fingerprint density at radius 2 is 1.91 bits per heavy atom. The Morgan fingerprint density at radius 1 is 1.23 bits per heavy atom. The molecule has 1 aromatic rings. The van der Waals surface area contributed by atoms with Crippen LogP contribution in [0, 0.1) is 5.92 Å². The Hall–Kier alpha value is -1.10. The van der Waals surface area contributed by atoms with E-state index in [0.717, 1.165) is 38.5 Å². The smallest absolute Gasteiger partial charge is 0.119 e. The summed E-state index contributed by atoms with van der Waals surface area (Å²) >= 11 is 0. The summed E-state index contributed by atoms with van der Waals surface area (Å²) in [6.07, 6.45) is 2.45. The van der Waals surface area contributed by atoms with Crippen molar-refractivity contribution in [3.8, 4) is 5.75 Å². The van der Waals surface area contributed by atoms with E-state index in [-0.39, 0.29) is 0 Å². The molecule has 0 saturated carbocycles. The number of hydrogen-bond donors (Lipinski definition) is 2. The van der Waals surface area contributed by atoms with Crippen molar-refractivity contribution < 1.29 is 4.74 Å². The number of benzene rings is 1. The van der Waals surface area contributed by atoms with Crippen LogP contribution >= 0.6 is 0 Å². The van der Waals surface area contributed by atoms with Crippen molar-refractivity contribution in [3.63, 3.8) is 0 Å². The van der Waals surface area contributed by atoms with Crippen molar-refractivity contribution in [1.82, 2.24) is 15.5 Å². The number of nitrogens with zero attached hydrogens (tertiary/aromatic N) is 1. The zero-order valence-electron chi connectivity index (χ0n) is 14.3. The molecule has 1 atom stereocenters. The molecule has 2 N–H and O–H groups in total. The number of nitrogens with one attached hydrogen (secondary N) is 2. The van der Waals surface area contributed by atoms with Gasteiger partial charge in [-0.2, -0.15) is 0 Å². The second-order valence-electron chi connectivity index (χ2n) is 6.55. The van der Waals surface area contributed by atoms with Crippen LogP contribution in [-0.4, -0.2) is 51.8 Å². The highest BCUT2D eigenvalue weighted by atomic mass is 16.5. The van der Waals surface area contributed by atoms with E-state index >= 15 is 0 Å². The summed E-state index contributed by atoms with van der Waals surface area (Å²) in [6.45, 7) is 7.37. The molecule has 1 saturated heterocycles. The standard InChI is InChI=1S/C18H31N3O/c1-15(20-12-13-21(2)3)17-4-6-18(7-5-17)22-14-16-8-10-19-11-9-16/h4-7,15-16,19-20H,8-14H2,1-3H3/t15-/m1/s1. The van der Waals surface area contributed by atoms with Crippen LogP contribution in [0.1, 0.15) is 31.4 Å². The summed E-state index contributed by atoms with van der Waals surface area (Å²) in [4.78, 5) is 2.19. The molecule has 1 aliphatic rings. The lowest BCUT2D eigenvalue weighted by molar-refractivity contribution is 0.215. The molecule has 4 nitrogen and oxygen atoms in total. The Kier molecular flexibility index (Phi) is 7.16. The van der Waals surface area contributed by atoms with Crippen molar-refractivity contribution in [1.29, 1.82) is 0 Å². The molecule has 0 amide bonds. The van der Waals surface area contributed by atoms with Crippen LogP contribution in [0.3, 0.4) is 0 Å². The Labute approximate surface area is 135 Å². The van der Waals surface area contributed by atoms with Crippen molar-refractivity contribution in [2.24, 2.45) is 5.92 Å². The van der Waals surface area contributed by atoms with Gasteiger partial charge >= 0.3 is 0 Å². The fraction of sp³-hybridized carbons (Fsp3) is 0.667. The average Bonchev–Trinajstić information content (AvgIpc) is 2.54. The highest BCUT2D eigenvalue weighted by Crippen LogP contribution is 2.19. The molecule has 2 rings (SSSR count). The largest absolute Gasteiger partial charge is 0.493 e. The van der Waals surface area contributed by atoms with E-state index in [1.54, 1.807) is 0 Å². The number of hydrogen-bond acceptors (Lipinski definition) is 4. The number of ether oxygens (including phenoxy) is 1. The lowest BCUT2D eigenvalue weighted by Gasteiger charge is -2.22. The van der Waals surface area contributed by atoms with E-state index < -0.39 is 0 Å².